The van der Waals surface area contributed by atoms with Gasteiger partial charge in [0.25, 0.3) is 5.91 Å². The maximum Gasteiger partial charge on any atom is 0.253 e. The molecular weight excluding hydrogens is 230 g/mol. The number of methoxy groups -OCH3 is 1. The molecule has 0 aliphatic carbocycles. The predicted molar refractivity (Wildman–Crippen MR) is 70.5 cm³/mol. The van der Waals surface area contributed by atoms with Crippen LogP contribution in [0.2, 0.25) is 0 Å². The lowest BCUT2D eigenvalue weighted by Gasteiger charge is -2.30. The van der Waals surface area contributed by atoms with Gasteiger partial charge >= 0.3 is 0 Å². The van der Waals surface area contributed by atoms with E-state index < -0.39 is 0 Å². The third kappa shape index (κ3) is 2.56. The molecule has 1 aromatic carbocycles. The van der Waals surface area contributed by atoms with Crippen molar-refractivity contribution in [1.29, 1.82) is 0 Å². The standard InChI is InChI=1S/C13H19N3O2/c1-18-12-8-9(2-3-11(12)15)13(17)16-6-4-10(14)5-7-16/h2-3,8,10H,4-7,14-15H2,1H3. The molecule has 2 rings (SSSR count). The second-order valence-corrected chi connectivity index (χ2v) is 4.59. The van der Waals surface area contributed by atoms with Crippen LogP contribution in [0, 0.1) is 0 Å². The van der Waals surface area contributed by atoms with Crippen LogP contribution in [0.4, 0.5) is 5.69 Å². The molecule has 0 unspecified atom stereocenters. The van der Waals surface area contributed by atoms with Crippen molar-refractivity contribution in [2.24, 2.45) is 5.73 Å². The Labute approximate surface area is 107 Å². The predicted octanol–water partition coefficient (Wildman–Crippen LogP) is 0.841. The molecule has 1 aliphatic heterocycles. The number of anilines is 1. The van der Waals surface area contributed by atoms with Crippen molar-refractivity contribution < 1.29 is 9.53 Å². The van der Waals surface area contributed by atoms with E-state index in [1.807, 2.05) is 4.90 Å². The van der Waals surface area contributed by atoms with Crippen LogP contribution in [0.25, 0.3) is 0 Å². The van der Waals surface area contributed by atoms with Crippen LogP contribution in [0.5, 0.6) is 5.75 Å². The molecule has 1 aliphatic rings. The highest BCUT2D eigenvalue weighted by Gasteiger charge is 2.22. The van der Waals surface area contributed by atoms with E-state index in [0.29, 0.717) is 30.1 Å². The van der Waals surface area contributed by atoms with Gasteiger partial charge in [0.15, 0.2) is 0 Å². The molecule has 1 amide bonds. The van der Waals surface area contributed by atoms with E-state index in [0.717, 1.165) is 12.8 Å². The fourth-order valence-corrected chi connectivity index (χ4v) is 2.13. The third-order valence-corrected chi connectivity index (χ3v) is 3.31. The summed E-state index contributed by atoms with van der Waals surface area (Å²) >= 11 is 0. The Bertz CT molecular complexity index is 440. The number of amides is 1. The SMILES string of the molecule is COc1cc(C(=O)N2CCC(N)CC2)ccc1N. The van der Waals surface area contributed by atoms with Crippen molar-refractivity contribution in [3.63, 3.8) is 0 Å². The molecule has 1 aromatic rings. The van der Waals surface area contributed by atoms with Gasteiger partial charge in [0.05, 0.1) is 12.8 Å². The highest BCUT2D eigenvalue weighted by molar-refractivity contribution is 5.95. The van der Waals surface area contributed by atoms with Crippen LogP contribution >= 0.6 is 0 Å². The van der Waals surface area contributed by atoms with Crippen molar-refractivity contribution in [3.05, 3.63) is 23.8 Å². The number of nitrogens with zero attached hydrogens (tertiary/aromatic N) is 1. The number of hydrogen-bond donors (Lipinski definition) is 2. The average molecular weight is 249 g/mol. The lowest BCUT2D eigenvalue weighted by Crippen LogP contribution is -2.42. The summed E-state index contributed by atoms with van der Waals surface area (Å²) in [7, 11) is 1.54. The zero-order valence-electron chi connectivity index (χ0n) is 10.6. The van der Waals surface area contributed by atoms with Gasteiger partial charge in [0.1, 0.15) is 5.75 Å². The number of benzene rings is 1. The van der Waals surface area contributed by atoms with E-state index in [4.69, 9.17) is 16.2 Å². The molecule has 1 heterocycles. The zero-order valence-corrected chi connectivity index (χ0v) is 10.6. The second kappa shape index (κ2) is 5.27. The lowest BCUT2D eigenvalue weighted by atomic mass is 10.0. The van der Waals surface area contributed by atoms with E-state index in [-0.39, 0.29) is 11.9 Å². The first-order chi connectivity index (χ1) is 8.61. The van der Waals surface area contributed by atoms with Crippen LogP contribution in [0.1, 0.15) is 23.2 Å². The molecule has 0 bridgehead atoms. The van der Waals surface area contributed by atoms with Crippen LogP contribution in [-0.2, 0) is 0 Å². The quantitative estimate of drug-likeness (QED) is 0.761. The van der Waals surface area contributed by atoms with Crippen molar-refractivity contribution >= 4 is 11.6 Å². The molecular formula is C13H19N3O2. The van der Waals surface area contributed by atoms with E-state index in [1.165, 1.54) is 0 Å². The largest absolute Gasteiger partial charge is 0.495 e. The number of hydrogen-bond acceptors (Lipinski definition) is 4. The summed E-state index contributed by atoms with van der Waals surface area (Å²) in [6, 6.07) is 5.33. The van der Waals surface area contributed by atoms with Crippen molar-refractivity contribution in [2.75, 3.05) is 25.9 Å². The molecule has 1 saturated heterocycles. The van der Waals surface area contributed by atoms with Crippen LogP contribution in [-0.4, -0.2) is 37.0 Å². The number of rotatable bonds is 2. The van der Waals surface area contributed by atoms with E-state index >= 15 is 0 Å². The second-order valence-electron chi connectivity index (χ2n) is 4.59. The maximum absolute atomic E-state index is 12.3. The van der Waals surface area contributed by atoms with Crippen molar-refractivity contribution in [1.82, 2.24) is 4.90 Å². The molecule has 0 spiro atoms. The molecule has 0 saturated carbocycles. The smallest absolute Gasteiger partial charge is 0.253 e. The van der Waals surface area contributed by atoms with Gasteiger partial charge in [-0.1, -0.05) is 0 Å². The van der Waals surface area contributed by atoms with Gasteiger partial charge in [0, 0.05) is 24.7 Å². The first kappa shape index (κ1) is 12.7. The van der Waals surface area contributed by atoms with Crippen LogP contribution in [0.3, 0.4) is 0 Å². The number of likely N-dealkylation sites (tertiary alicyclic amines) is 1. The van der Waals surface area contributed by atoms with Crippen molar-refractivity contribution in [3.8, 4) is 5.75 Å². The van der Waals surface area contributed by atoms with Gasteiger partial charge < -0.3 is 21.1 Å². The number of nitrogen functional groups attached to an aromatic ring is 1. The summed E-state index contributed by atoms with van der Waals surface area (Å²) in [5.74, 6) is 0.551. The molecule has 5 heteroatoms. The van der Waals surface area contributed by atoms with Crippen LogP contribution < -0.4 is 16.2 Å². The Morgan fingerprint density at radius 3 is 2.67 bits per heavy atom. The highest BCUT2D eigenvalue weighted by Crippen LogP contribution is 2.23. The fraction of sp³-hybridized carbons (Fsp3) is 0.462. The minimum atomic E-state index is 0.0141. The molecule has 0 radical (unpaired) electrons. The van der Waals surface area contributed by atoms with Gasteiger partial charge in [-0.15, -0.1) is 0 Å². The summed E-state index contributed by atoms with van der Waals surface area (Å²) in [5.41, 5.74) is 12.7. The Hall–Kier alpha value is -1.75. The van der Waals surface area contributed by atoms with Gasteiger partial charge in [-0.25, -0.2) is 0 Å². The van der Waals surface area contributed by atoms with E-state index in [9.17, 15) is 4.79 Å². The molecule has 0 atom stereocenters. The molecule has 4 N–H and O–H groups in total. The van der Waals surface area contributed by atoms with Gasteiger partial charge in [0.2, 0.25) is 0 Å². The minimum absolute atomic E-state index is 0.0141. The first-order valence-corrected chi connectivity index (χ1v) is 6.10. The average Bonchev–Trinajstić information content (AvgIpc) is 2.39. The molecule has 1 fully saturated rings. The fourth-order valence-electron chi connectivity index (χ4n) is 2.13. The lowest BCUT2D eigenvalue weighted by molar-refractivity contribution is 0.0714. The van der Waals surface area contributed by atoms with Crippen molar-refractivity contribution in [2.45, 2.75) is 18.9 Å². The Morgan fingerprint density at radius 2 is 2.06 bits per heavy atom. The van der Waals surface area contributed by atoms with E-state index in [2.05, 4.69) is 0 Å². The van der Waals surface area contributed by atoms with Crippen LogP contribution in [0.15, 0.2) is 18.2 Å². The normalized spacial score (nSPS) is 16.7. The number of carbonyl (C=O) groups is 1. The summed E-state index contributed by atoms with van der Waals surface area (Å²) in [4.78, 5) is 14.1. The number of piperidine rings is 1. The first-order valence-electron chi connectivity index (χ1n) is 6.10. The monoisotopic (exact) mass is 249 g/mol. The summed E-state index contributed by atoms with van der Waals surface area (Å²) in [6.45, 7) is 1.43. The molecule has 98 valence electrons. The van der Waals surface area contributed by atoms with Gasteiger partial charge in [-0.2, -0.15) is 0 Å². The summed E-state index contributed by atoms with van der Waals surface area (Å²) in [5, 5.41) is 0. The summed E-state index contributed by atoms with van der Waals surface area (Å²) in [6.07, 6.45) is 1.72. The summed E-state index contributed by atoms with van der Waals surface area (Å²) < 4.78 is 5.12. The minimum Gasteiger partial charge on any atom is -0.495 e. The molecule has 18 heavy (non-hydrogen) atoms. The van der Waals surface area contributed by atoms with E-state index in [1.54, 1.807) is 25.3 Å². The van der Waals surface area contributed by atoms with Gasteiger partial charge in [-0.3, -0.25) is 4.79 Å². The zero-order chi connectivity index (χ0) is 13.1. The highest BCUT2D eigenvalue weighted by atomic mass is 16.5. The molecule has 5 nitrogen and oxygen atoms in total. The Kier molecular flexibility index (Phi) is 3.72. The third-order valence-electron chi connectivity index (χ3n) is 3.31. The number of nitrogens with two attached hydrogens (primary N) is 2. The Morgan fingerprint density at radius 1 is 1.39 bits per heavy atom. The van der Waals surface area contributed by atoms with Gasteiger partial charge in [-0.05, 0) is 31.0 Å². The maximum atomic E-state index is 12.3. The number of ether oxygens (including phenoxy) is 1. The Balaban J connectivity index is 2.13. The number of carbonyl (C=O) groups excluding carboxylic acids is 1. The molecule has 0 aromatic heterocycles. The topological polar surface area (TPSA) is 81.6 Å².